The van der Waals surface area contributed by atoms with Crippen LogP contribution in [0.3, 0.4) is 0 Å². The highest BCUT2D eigenvalue weighted by molar-refractivity contribution is 7.52. The Morgan fingerprint density at radius 1 is 1.31 bits per heavy atom. The third-order valence-corrected chi connectivity index (χ3v) is 6.51. The average Bonchev–Trinajstić information content (AvgIpc) is 3.17. The van der Waals surface area contributed by atoms with E-state index in [0.717, 1.165) is 4.57 Å². The zero-order valence-corrected chi connectivity index (χ0v) is 21.5. The molecule has 0 saturated carbocycles. The standard InChI is InChI=1S/C21H26ClFN3O9P/c1-21(2,3)34-20(29)33-15-9-17(26-10-14(23)18(27)25-19(26)28)32-16(15)11-31-36(30,24-4)35-13-7-5-12(22)6-8-13/h5-8,10,15-17H,9,11H2,1-4H3,(H,24,30)(H,25,27,28)/t15-,16+,17+,36?/m0/s1. The summed E-state index contributed by atoms with van der Waals surface area (Å²) in [4.78, 5) is 37.7. The Bertz CT molecular complexity index is 1240. The third-order valence-electron chi connectivity index (χ3n) is 4.77. The summed E-state index contributed by atoms with van der Waals surface area (Å²) < 4.78 is 54.9. The highest BCUT2D eigenvalue weighted by Crippen LogP contribution is 2.45. The summed E-state index contributed by atoms with van der Waals surface area (Å²) in [5.74, 6) is -1.00. The molecule has 4 atom stereocenters. The minimum absolute atomic E-state index is 0.124. The van der Waals surface area contributed by atoms with Crippen LogP contribution in [0.1, 0.15) is 33.4 Å². The maximum absolute atomic E-state index is 13.8. The van der Waals surface area contributed by atoms with Crippen molar-refractivity contribution in [1.29, 1.82) is 0 Å². The van der Waals surface area contributed by atoms with Crippen molar-refractivity contribution < 1.29 is 37.0 Å². The van der Waals surface area contributed by atoms with E-state index in [9.17, 15) is 23.3 Å². The van der Waals surface area contributed by atoms with Crippen LogP contribution in [-0.2, 0) is 23.3 Å². The van der Waals surface area contributed by atoms with Crippen molar-refractivity contribution in [3.05, 3.63) is 62.1 Å². The van der Waals surface area contributed by atoms with Gasteiger partial charge in [-0.15, -0.1) is 0 Å². The van der Waals surface area contributed by atoms with E-state index in [1.807, 2.05) is 4.98 Å². The van der Waals surface area contributed by atoms with Gasteiger partial charge in [-0.3, -0.25) is 18.9 Å². The van der Waals surface area contributed by atoms with E-state index >= 15 is 0 Å². The number of nitrogens with zero attached hydrogens (tertiary/aromatic N) is 1. The second-order valence-corrected chi connectivity index (χ2v) is 11.0. The number of aromatic nitrogens is 2. The second-order valence-electron chi connectivity index (χ2n) is 8.69. The first-order valence-corrected chi connectivity index (χ1v) is 12.7. The minimum atomic E-state index is -3.92. The lowest BCUT2D eigenvalue weighted by Crippen LogP contribution is -2.34. The third kappa shape index (κ3) is 7.40. The van der Waals surface area contributed by atoms with Crippen molar-refractivity contribution in [3.8, 4) is 5.75 Å². The summed E-state index contributed by atoms with van der Waals surface area (Å²) in [5.41, 5.74) is -2.98. The number of hydrogen-bond acceptors (Lipinski definition) is 9. The zero-order valence-electron chi connectivity index (χ0n) is 19.9. The summed E-state index contributed by atoms with van der Waals surface area (Å²) in [6.45, 7) is 4.50. The van der Waals surface area contributed by atoms with E-state index in [-0.39, 0.29) is 12.2 Å². The Morgan fingerprint density at radius 2 is 1.97 bits per heavy atom. The molecule has 3 rings (SSSR count). The number of benzene rings is 1. The first-order valence-electron chi connectivity index (χ1n) is 10.7. The summed E-state index contributed by atoms with van der Waals surface area (Å²) >= 11 is 5.85. The molecule has 2 N–H and O–H groups in total. The molecule has 1 aliphatic heterocycles. The van der Waals surface area contributed by atoms with Crippen molar-refractivity contribution in [2.24, 2.45) is 0 Å². The normalized spacial score (nSPS) is 21.6. The molecule has 1 aromatic carbocycles. The molecule has 0 amide bonds. The Labute approximate surface area is 210 Å². The van der Waals surface area contributed by atoms with Gasteiger partial charge in [0.05, 0.1) is 12.8 Å². The Balaban J connectivity index is 1.79. The lowest BCUT2D eigenvalue weighted by atomic mass is 10.2. The van der Waals surface area contributed by atoms with Gasteiger partial charge in [-0.25, -0.2) is 19.2 Å². The van der Waals surface area contributed by atoms with Crippen molar-refractivity contribution in [2.75, 3.05) is 13.7 Å². The van der Waals surface area contributed by atoms with Crippen LogP contribution in [0.2, 0.25) is 5.02 Å². The fraction of sp³-hybridized carbons (Fsp3) is 0.476. The van der Waals surface area contributed by atoms with Gasteiger partial charge in [-0.1, -0.05) is 11.6 Å². The highest BCUT2D eigenvalue weighted by atomic mass is 35.5. The monoisotopic (exact) mass is 549 g/mol. The maximum Gasteiger partial charge on any atom is 0.509 e. The molecule has 1 saturated heterocycles. The van der Waals surface area contributed by atoms with Gasteiger partial charge in [-0.05, 0) is 52.1 Å². The molecular weight excluding hydrogens is 524 g/mol. The van der Waals surface area contributed by atoms with Crippen LogP contribution < -0.4 is 20.9 Å². The zero-order chi connectivity index (χ0) is 26.7. The van der Waals surface area contributed by atoms with Gasteiger partial charge < -0.3 is 18.7 Å². The Morgan fingerprint density at radius 3 is 2.58 bits per heavy atom. The van der Waals surface area contributed by atoms with E-state index in [2.05, 4.69) is 5.09 Å². The van der Waals surface area contributed by atoms with Crippen LogP contribution in [0.4, 0.5) is 9.18 Å². The van der Waals surface area contributed by atoms with Crippen molar-refractivity contribution >= 4 is 25.5 Å². The summed E-state index contributed by atoms with van der Waals surface area (Å²) in [7, 11) is -2.57. The number of aromatic amines is 1. The molecule has 15 heteroatoms. The molecule has 2 aromatic rings. The van der Waals surface area contributed by atoms with Crippen LogP contribution >= 0.6 is 19.3 Å². The predicted molar refractivity (Wildman–Crippen MR) is 126 cm³/mol. The first kappa shape index (κ1) is 27.9. The number of rotatable bonds is 8. The van der Waals surface area contributed by atoms with Crippen LogP contribution in [0.15, 0.2) is 40.1 Å². The molecule has 1 aromatic heterocycles. The van der Waals surface area contributed by atoms with Gasteiger partial charge in [0, 0.05) is 11.4 Å². The number of ether oxygens (including phenoxy) is 3. The van der Waals surface area contributed by atoms with Gasteiger partial charge in [0.1, 0.15) is 29.8 Å². The first-order chi connectivity index (χ1) is 16.8. The van der Waals surface area contributed by atoms with Crippen molar-refractivity contribution in [1.82, 2.24) is 14.6 Å². The lowest BCUT2D eigenvalue weighted by Gasteiger charge is -2.24. The van der Waals surface area contributed by atoms with E-state index in [4.69, 9.17) is 34.9 Å². The molecule has 12 nitrogen and oxygen atoms in total. The van der Waals surface area contributed by atoms with Crippen LogP contribution in [0, 0.1) is 5.82 Å². The molecule has 2 heterocycles. The average molecular weight is 550 g/mol. The van der Waals surface area contributed by atoms with Crippen molar-refractivity contribution in [3.63, 3.8) is 0 Å². The number of hydrogen-bond donors (Lipinski definition) is 2. The van der Waals surface area contributed by atoms with Gasteiger partial charge in [0.15, 0.2) is 0 Å². The molecule has 0 bridgehead atoms. The van der Waals surface area contributed by atoms with Crippen LogP contribution in [0.25, 0.3) is 0 Å². The fourth-order valence-corrected chi connectivity index (χ4v) is 4.30. The van der Waals surface area contributed by atoms with Crippen LogP contribution in [-0.4, -0.2) is 47.2 Å². The molecule has 0 aliphatic carbocycles. The molecule has 1 unspecified atom stereocenters. The topological polar surface area (TPSA) is 147 Å². The van der Waals surface area contributed by atoms with Gasteiger partial charge >= 0.3 is 19.6 Å². The van der Waals surface area contributed by atoms with Gasteiger partial charge in [-0.2, -0.15) is 4.39 Å². The number of carbonyl (C=O) groups excluding carboxylic acids is 1. The maximum atomic E-state index is 13.8. The largest absolute Gasteiger partial charge is 0.509 e. The lowest BCUT2D eigenvalue weighted by molar-refractivity contribution is -0.0666. The Kier molecular flexibility index (Phi) is 8.63. The predicted octanol–water partition coefficient (Wildman–Crippen LogP) is 3.36. The molecular formula is C21H26ClFN3O9P. The van der Waals surface area contributed by atoms with E-state index < -0.39 is 61.6 Å². The summed E-state index contributed by atoms with van der Waals surface area (Å²) in [6.07, 6.45) is -3.72. The van der Waals surface area contributed by atoms with E-state index in [0.29, 0.717) is 11.2 Å². The summed E-state index contributed by atoms with van der Waals surface area (Å²) in [6, 6.07) is 6.05. The molecule has 198 valence electrons. The minimum Gasteiger partial charge on any atom is -0.429 e. The number of carbonyl (C=O) groups is 1. The van der Waals surface area contributed by atoms with Gasteiger partial charge in [0.25, 0.3) is 5.56 Å². The van der Waals surface area contributed by atoms with E-state index in [1.54, 1.807) is 20.8 Å². The quantitative estimate of drug-likeness (QED) is 0.371. The van der Waals surface area contributed by atoms with E-state index in [1.165, 1.54) is 31.3 Å². The molecule has 0 spiro atoms. The van der Waals surface area contributed by atoms with Crippen LogP contribution in [0.5, 0.6) is 5.75 Å². The van der Waals surface area contributed by atoms with Gasteiger partial charge in [0.2, 0.25) is 5.82 Å². The highest BCUT2D eigenvalue weighted by Gasteiger charge is 2.42. The number of H-pyrrole nitrogens is 1. The molecule has 1 fully saturated rings. The summed E-state index contributed by atoms with van der Waals surface area (Å²) in [5, 5.41) is 2.91. The molecule has 1 aliphatic rings. The molecule has 36 heavy (non-hydrogen) atoms. The Hall–Kier alpha value is -2.70. The number of halogens is 2. The molecule has 0 radical (unpaired) electrons. The smallest absolute Gasteiger partial charge is 0.429 e. The second kappa shape index (κ2) is 11.1. The SMILES string of the molecule is CNP(=O)(OC[C@H]1O[C@@H](n2cc(F)c(=O)[nH]c2=O)C[C@@H]1OC(=O)OC(C)(C)C)Oc1ccc(Cl)cc1. The number of nitrogens with one attached hydrogen (secondary N) is 2. The van der Waals surface area contributed by atoms with Crippen molar-refractivity contribution in [2.45, 2.75) is 51.2 Å². The fourth-order valence-electron chi connectivity index (χ4n) is 3.16.